The van der Waals surface area contributed by atoms with Gasteiger partial charge in [0.05, 0.1) is 6.61 Å². The Morgan fingerprint density at radius 2 is 2.25 bits per heavy atom. The van der Waals surface area contributed by atoms with Crippen molar-refractivity contribution in [3.8, 4) is 0 Å². The maximum Gasteiger partial charge on any atom is 0.327 e. The number of ether oxygens (including phenoxy) is 1. The van der Waals surface area contributed by atoms with Crippen molar-refractivity contribution in [3.05, 3.63) is 0 Å². The summed E-state index contributed by atoms with van der Waals surface area (Å²) in [6.45, 7) is 3.12. The number of thioether (sulfide) groups is 1. The van der Waals surface area contributed by atoms with E-state index in [-0.39, 0.29) is 6.03 Å². The molecule has 1 heterocycles. The standard InChI is InChI=1S/C12H23N3O4S/c1-14(5-7-19-2)4-3-13-12(18)15-6-8-20-9-10(15)11(16)17/h10H,3-9H2,1-2H3,(H,13,18)(H,16,17). The number of carbonyl (C=O) groups is 2. The van der Waals surface area contributed by atoms with Crippen molar-refractivity contribution >= 4 is 23.8 Å². The fourth-order valence-corrected chi connectivity index (χ4v) is 2.90. The third-order valence-corrected chi connectivity index (χ3v) is 4.14. The SMILES string of the molecule is COCCN(C)CCNC(=O)N1CCSCC1C(=O)O. The van der Waals surface area contributed by atoms with Gasteiger partial charge in [-0.25, -0.2) is 9.59 Å². The zero-order valence-electron chi connectivity index (χ0n) is 12.0. The molecule has 1 saturated heterocycles. The van der Waals surface area contributed by atoms with Crippen LogP contribution in [0.4, 0.5) is 4.79 Å². The highest BCUT2D eigenvalue weighted by Crippen LogP contribution is 2.16. The molecule has 2 amide bonds. The maximum atomic E-state index is 12.0. The number of nitrogens with zero attached hydrogens (tertiary/aromatic N) is 2. The van der Waals surface area contributed by atoms with Crippen LogP contribution >= 0.6 is 11.8 Å². The fraction of sp³-hybridized carbons (Fsp3) is 0.833. The maximum absolute atomic E-state index is 12.0. The van der Waals surface area contributed by atoms with Crippen molar-refractivity contribution in [2.75, 3.05) is 58.4 Å². The van der Waals surface area contributed by atoms with Crippen molar-refractivity contribution in [2.45, 2.75) is 6.04 Å². The summed E-state index contributed by atoms with van der Waals surface area (Å²) in [5.74, 6) is 0.297. The second-order valence-electron chi connectivity index (χ2n) is 4.65. The first-order chi connectivity index (χ1) is 9.56. The van der Waals surface area contributed by atoms with E-state index in [2.05, 4.69) is 5.32 Å². The molecule has 1 aliphatic heterocycles. The smallest absolute Gasteiger partial charge is 0.327 e. The molecule has 116 valence electrons. The zero-order valence-corrected chi connectivity index (χ0v) is 12.8. The molecule has 0 aliphatic carbocycles. The number of hydrogen-bond acceptors (Lipinski definition) is 5. The fourth-order valence-electron chi connectivity index (χ4n) is 1.87. The number of rotatable bonds is 7. The quantitative estimate of drug-likeness (QED) is 0.676. The Hall–Kier alpha value is -0.990. The molecule has 7 nitrogen and oxygen atoms in total. The molecule has 1 atom stereocenters. The average molecular weight is 305 g/mol. The molecule has 0 spiro atoms. The Labute approximate surface area is 123 Å². The molecular weight excluding hydrogens is 282 g/mol. The van der Waals surface area contributed by atoms with Crippen LogP contribution in [-0.2, 0) is 9.53 Å². The molecule has 2 N–H and O–H groups in total. The van der Waals surface area contributed by atoms with Crippen LogP contribution in [-0.4, -0.2) is 91.4 Å². The zero-order chi connectivity index (χ0) is 15.0. The third kappa shape index (κ3) is 5.56. The lowest BCUT2D eigenvalue weighted by atomic mass is 10.3. The summed E-state index contributed by atoms with van der Waals surface area (Å²) < 4.78 is 4.97. The number of likely N-dealkylation sites (N-methyl/N-ethyl adjacent to an activating group) is 1. The van der Waals surface area contributed by atoms with Crippen molar-refractivity contribution < 1.29 is 19.4 Å². The molecule has 0 aromatic carbocycles. The van der Waals surface area contributed by atoms with E-state index in [0.29, 0.717) is 32.0 Å². The van der Waals surface area contributed by atoms with Crippen LogP contribution in [0.1, 0.15) is 0 Å². The lowest BCUT2D eigenvalue weighted by Gasteiger charge is -2.32. The van der Waals surface area contributed by atoms with Gasteiger partial charge in [-0.15, -0.1) is 0 Å². The first-order valence-electron chi connectivity index (χ1n) is 6.58. The Kier molecular flexibility index (Phi) is 7.71. The minimum Gasteiger partial charge on any atom is -0.480 e. The third-order valence-electron chi connectivity index (χ3n) is 3.12. The summed E-state index contributed by atoms with van der Waals surface area (Å²) >= 11 is 1.57. The number of hydrogen-bond donors (Lipinski definition) is 2. The highest BCUT2D eigenvalue weighted by atomic mass is 32.2. The van der Waals surface area contributed by atoms with E-state index in [4.69, 9.17) is 9.84 Å². The van der Waals surface area contributed by atoms with Gasteiger partial charge in [0.15, 0.2) is 0 Å². The molecule has 0 saturated carbocycles. The van der Waals surface area contributed by atoms with E-state index in [1.807, 2.05) is 11.9 Å². The first-order valence-corrected chi connectivity index (χ1v) is 7.74. The van der Waals surface area contributed by atoms with Crippen LogP contribution in [0.15, 0.2) is 0 Å². The predicted molar refractivity (Wildman–Crippen MR) is 78.2 cm³/mol. The van der Waals surface area contributed by atoms with Crippen LogP contribution < -0.4 is 5.32 Å². The highest BCUT2D eigenvalue weighted by Gasteiger charge is 2.32. The number of urea groups is 1. The minimum absolute atomic E-state index is 0.294. The number of methoxy groups -OCH3 is 1. The molecular formula is C12H23N3O4S. The van der Waals surface area contributed by atoms with E-state index in [1.165, 1.54) is 4.90 Å². The number of nitrogens with one attached hydrogen (secondary N) is 1. The second-order valence-corrected chi connectivity index (χ2v) is 5.80. The minimum atomic E-state index is -0.940. The highest BCUT2D eigenvalue weighted by molar-refractivity contribution is 7.99. The number of carboxylic acids is 1. The molecule has 1 aliphatic rings. The Morgan fingerprint density at radius 3 is 2.90 bits per heavy atom. The lowest BCUT2D eigenvalue weighted by Crippen LogP contribution is -2.54. The Balaban J connectivity index is 2.32. The van der Waals surface area contributed by atoms with Crippen LogP contribution in [0.5, 0.6) is 0 Å². The number of carbonyl (C=O) groups excluding carboxylic acids is 1. The molecule has 0 bridgehead atoms. The van der Waals surface area contributed by atoms with Gasteiger partial charge in [0.2, 0.25) is 0 Å². The van der Waals surface area contributed by atoms with E-state index in [9.17, 15) is 9.59 Å². The molecule has 20 heavy (non-hydrogen) atoms. The van der Waals surface area contributed by atoms with E-state index in [0.717, 1.165) is 12.3 Å². The van der Waals surface area contributed by atoms with Crippen LogP contribution in [0.2, 0.25) is 0 Å². The normalized spacial score (nSPS) is 19.1. The van der Waals surface area contributed by atoms with Gasteiger partial charge in [-0.3, -0.25) is 0 Å². The Bertz CT molecular complexity index is 330. The first kappa shape index (κ1) is 17.1. The van der Waals surface area contributed by atoms with Gasteiger partial charge in [-0.2, -0.15) is 11.8 Å². The van der Waals surface area contributed by atoms with Crippen molar-refractivity contribution in [2.24, 2.45) is 0 Å². The predicted octanol–water partition coefficient (Wildman–Crippen LogP) is -0.224. The molecule has 1 rings (SSSR count). The average Bonchev–Trinajstić information content (AvgIpc) is 2.44. The number of carboxylic acid groups (broad SMARTS) is 1. The monoisotopic (exact) mass is 305 g/mol. The van der Waals surface area contributed by atoms with Crippen molar-refractivity contribution in [3.63, 3.8) is 0 Å². The molecule has 0 aromatic heterocycles. The van der Waals surface area contributed by atoms with Crippen LogP contribution in [0.25, 0.3) is 0 Å². The summed E-state index contributed by atoms with van der Waals surface area (Å²) in [4.78, 5) is 26.6. The van der Waals surface area contributed by atoms with Gasteiger partial charge < -0.3 is 25.0 Å². The van der Waals surface area contributed by atoms with Crippen LogP contribution in [0.3, 0.4) is 0 Å². The summed E-state index contributed by atoms with van der Waals surface area (Å²) in [6.07, 6.45) is 0. The summed E-state index contributed by atoms with van der Waals surface area (Å²) in [7, 11) is 3.60. The molecule has 0 radical (unpaired) electrons. The largest absolute Gasteiger partial charge is 0.480 e. The molecule has 1 unspecified atom stereocenters. The van der Waals surface area contributed by atoms with Gasteiger partial charge in [-0.1, -0.05) is 0 Å². The molecule has 8 heteroatoms. The van der Waals surface area contributed by atoms with Gasteiger partial charge in [0.1, 0.15) is 6.04 Å². The summed E-state index contributed by atoms with van der Waals surface area (Å²) in [5, 5.41) is 11.9. The van der Waals surface area contributed by atoms with Crippen molar-refractivity contribution in [1.82, 2.24) is 15.1 Å². The topological polar surface area (TPSA) is 82.1 Å². The molecule has 1 fully saturated rings. The number of aliphatic carboxylic acids is 1. The molecule has 0 aromatic rings. The van der Waals surface area contributed by atoms with E-state index < -0.39 is 12.0 Å². The van der Waals surface area contributed by atoms with Crippen LogP contribution in [0, 0.1) is 0 Å². The second kappa shape index (κ2) is 9.04. The van der Waals surface area contributed by atoms with Gasteiger partial charge in [0.25, 0.3) is 0 Å². The van der Waals surface area contributed by atoms with E-state index in [1.54, 1.807) is 18.9 Å². The Morgan fingerprint density at radius 1 is 1.50 bits per heavy atom. The van der Waals surface area contributed by atoms with Crippen molar-refractivity contribution in [1.29, 1.82) is 0 Å². The van der Waals surface area contributed by atoms with Gasteiger partial charge in [0, 0.05) is 44.8 Å². The van der Waals surface area contributed by atoms with E-state index >= 15 is 0 Å². The summed E-state index contributed by atoms with van der Waals surface area (Å²) in [6, 6.07) is -1.02. The van der Waals surface area contributed by atoms with Gasteiger partial charge >= 0.3 is 12.0 Å². The number of amides is 2. The lowest BCUT2D eigenvalue weighted by molar-refractivity contribution is -0.141. The summed E-state index contributed by atoms with van der Waals surface area (Å²) in [5.41, 5.74) is 0. The van der Waals surface area contributed by atoms with Gasteiger partial charge in [-0.05, 0) is 7.05 Å².